The number of fused-ring (bicyclic) bond motifs is 2. The number of nitrogens with one attached hydrogen (secondary N) is 1. The van der Waals surface area contributed by atoms with E-state index in [4.69, 9.17) is 4.42 Å². The van der Waals surface area contributed by atoms with Gasteiger partial charge in [-0.25, -0.2) is 0 Å². The van der Waals surface area contributed by atoms with Gasteiger partial charge in [-0.2, -0.15) is 0 Å². The highest BCUT2D eigenvalue weighted by atomic mass is 16.4. The van der Waals surface area contributed by atoms with Gasteiger partial charge in [0.05, 0.1) is 5.92 Å². The quantitative estimate of drug-likeness (QED) is 0.862. The predicted molar refractivity (Wildman–Crippen MR) is 107 cm³/mol. The third-order valence-corrected chi connectivity index (χ3v) is 7.40. The first-order valence-electron chi connectivity index (χ1n) is 10.7. The molecule has 0 bridgehead atoms. The average molecular weight is 388 g/mol. The smallest absolute Gasteiger partial charge is 0.289 e. The van der Waals surface area contributed by atoms with Crippen molar-refractivity contribution >= 4 is 11.8 Å². The molecular formula is C22H33N3O3. The fourth-order valence-electron chi connectivity index (χ4n) is 5.30. The van der Waals surface area contributed by atoms with Crippen molar-refractivity contribution in [2.45, 2.75) is 52.5 Å². The van der Waals surface area contributed by atoms with Gasteiger partial charge in [0.15, 0.2) is 5.76 Å². The first-order valence-corrected chi connectivity index (χ1v) is 10.7. The van der Waals surface area contributed by atoms with E-state index in [1.807, 2.05) is 24.8 Å². The van der Waals surface area contributed by atoms with Gasteiger partial charge < -0.3 is 19.5 Å². The van der Waals surface area contributed by atoms with Crippen LogP contribution in [0.25, 0.3) is 0 Å². The Balaban J connectivity index is 1.42. The lowest BCUT2D eigenvalue weighted by molar-refractivity contribution is -0.123. The van der Waals surface area contributed by atoms with E-state index in [9.17, 15) is 9.59 Å². The van der Waals surface area contributed by atoms with Crippen LogP contribution in [0.4, 0.5) is 0 Å². The van der Waals surface area contributed by atoms with Crippen LogP contribution in [-0.2, 0) is 4.79 Å². The largest absolute Gasteiger partial charge is 0.456 e. The molecule has 0 unspecified atom stereocenters. The van der Waals surface area contributed by atoms with E-state index < -0.39 is 0 Å². The highest BCUT2D eigenvalue weighted by molar-refractivity contribution is 5.92. The maximum atomic E-state index is 12.8. The molecule has 1 spiro atoms. The number of nitrogens with zero attached hydrogens (tertiary/aromatic N) is 2. The molecule has 0 radical (unpaired) electrons. The Labute approximate surface area is 167 Å². The zero-order valence-corrected chi connectivity index (χ0v) is 17.6. The maximum absolute atomic E-state index is 12.8. The molecule has 4 rings (SSSR count). The van der Waals surface area contributed by atoms with E-state index in [0.717, 1.165) is 43.8 Å². The summed E-state index contributed by atoms with van der Waals surface area (Å²) in [6, 6.07) is 1.83. The number of hydrogen-bond donors (Lipinski definition) is 1. The average Bonchev–Trinajstić information content (AvgIpc) is 3.31. The summed E-state index contributed by atoms with van der Waals surface area (Å²) in [4.78, 5) is 29.8. The molecule has 0 aliphatic carbocycles. The van der Waals surface area contributed by atoms with Gasteiger partial charge in [0, 0.05) is 44.2 Å². The van der Waals surface area contributed by atoms with Gasteiger partial charge in [0.1, 0.15) is 5.76 Å². The van der Waals surface area contributed by atoms with Crippen LogP contribution in [0, 0.1) is 31.6 Å². The summed E-state index contributed by atoms with van der Waals surface area (Å²) in [6.07, 6.45) is 2.84. The molecule has 1 aromatic heterocycles. The Kier molecular flexibility index (Phi) is 5.02. The van der Waals surface area contributed by atoms with Crippen molar-refractivity contribution in [3.63, 3.8) is 0 Å². The number of furan rings is 1. The maximum Gasteiger partial charge on any atom is 0.289 e. The molecule has 28 heavy (non-hydrogen) atoms. The van der Waals surface area contributed by atoms with Gasteiger partial charge in [-0.1, -0.05) is 20.3 Å². The molecule has 2 amide bonds. The Hall–Kier alpha value is -1.82. The van der Waals surface area contributed by atoms with Crippen molar-refractivity contribution in [1.82, 2.24) is 15.1 Å². The van der Waals surface area contributed by atoms with Gasteiger partial charge >= 0.3 is 0 Å². The summed E-state index contributed by atoms with van der Waals surface area (Å²) in [5.74, 6) is 2.56. The fourth-order valence-corrected chi connectivity index (χ4v) is 5.30. The summed E-state index contributed by atoms with van der Waals surface area (Å²) in [6.45, 7) is 12.7. The molecule has 0 aromatic carbocycles. The van der Waals surface area contributed by atoms with Crippen LogP contribution in [0.15, 0.2) is 10.5 Å². The highest BCUT2D eigenvalue weighted by Crippen LogP contribution is 2.44. The normalized spacial score (nSPS) is 27.9. The molecule has 6 nitrogen and oxygen atoms in total. The third kappa shape index (κ3) is 3.25. The Morgan fingerprint density at radius 2 is 2.04 bits per heavy atom. The van der Waals surface area contributed by atoms with Crippen LogP contribution in [0.1, 0.15) is 55.0 Å². The minimum atomic E-state index is -0.141. The van der Waals surface area contributed by atoms with Crippen LogP contribution >= 0.6 is 0 Å². The van der Waals surface area contributed by atoms with Gasteiger partial charge in [-0.3, -0.25) is 9.59 Å². The van der Waals surface area contributed by atoms with Crippen molar-refractivity contribution in [3.05, 3.63) is 23.2 Å². The Morgan fingerprint density at radius 3 is 2.64 bits per heavy atom. The molecular weight excluding hydrogens is 354 g/mol. The van der Waals surface area contributed by atoms with Gasteiger partial charge in [-0.05, 0) is 44.2 Å². The number of aryl methyl sites for hydroxylation is 2. The second-order valence-corrected chi connectivity index (χ2v) is 9.23. The molecule has 1 N–H and O–H groups in total. The highest BCUT2D eigenvalue weighted by Gasteiger charge is 2.57. The Morgan fingerprint density at radius 1 is 1.32 bits per heavy atom. The second-order valence-electron chi connectivity index (χ2n) is 9.23. The van der Waals surface area contributed by atoms with Crippen molar-refractivity contribution in [2.24, 2.45) is 17.8 Å². The van der Waals surface area contributed by atoms with Crippen LogP contribution in [-0.4, -0.2) is 59.9 Å². The van der Waals surface area contributed by atoms with Crippen molar-refractivity contribution in [1.29, 1.82) is 0 Å². The number of carbonyl (C=O) groups is 2. The lowest BCUT2D eigenvalue weighted by Gasteiger charge is -2.42. The molecule has 154 valence electrons. The second kappa shape index (κ2) is 7.21. The SMILES string of the molecule is CC[C@@H](C)CN1C[C@H]2C(=O)NC3(CCN(C(=O)c4cc(C)c(C)o4)CC3)[C@H]2C1. The summed E-state index contributed by atoms with van der Waals surface area (Å²) in [7, 11) is 0. The molecule has 0 saturated carbocycles. The lowest BCUT2D eigenvalue weighted by Crippen LogP contribution is -2.56. The number of amides is 2. The molecule has 1 aromatic rings. The molecule has 4 heterocycles. The zero-order chi connectivity index (χ0) is 20.1. The van der Waals surface area contributed by atoms with Crippen molar-refractivity contribution in [2.75, 3.05) is 32.7 Å². The van der Waals surface area contributed by atoms with Crippen LogP contribution < -0.4 is 5.32 Å². The number of hydrogen-bond acceptors (Lipinski definition) is 4. The van der Waals surface area contributed by atoms with Crippen LogP contribution in [0.5, 0.6) is 0 Å². The van der Waals surface area contributed by atoms with Crippen LogP contribution in [0.3, 0.4) is 0 Å². The first-order chi connectivity index (χ1) is 13.3. The first kappa shape index (κ1) is 19.5. The van der Waals surface area contributed by atoms with Gasteiger partial charge in [0.2, 0.25) is 5.91 Å². The zero-order valence-electron chi connectivity index (χ0n) is 17.6. The van der Waals surface area contributed by atoms with E-state index in [2.05, 4.69) is 24.1 Å². The van der Waals surface area contributed by atoms with E-state index in [1.165, 1.54) is 6.42 Å². The number of rotatable bonds is 4. The lowest BCUT2D eigenvalue weighted by atomic mass is 9.75. The summed E-state index contributed by atoms with van der Waals surface area (Å²) >= 11 is 0. The minimum absolute atomic E-state index is 0.0308. The Bertz CT molecular complexity index is 744. The summed E-state index contributed by atoms with van der Waals surface area (Å²) in [5.41, 5.74) is 0.868. The molecule has 3 saturated heterocycles. The minimum Gasteiger partial charge on any atom is -0.456 e. The number of carbonyl (C=O) groups excluding carboxylic acids is 2. The third-order valence-electron chi connectivity index (χ3n) is 7.40. The van der Waals surface area contributed by atoms with Crippen LogP contribution in [0.2, 0.25) is 0 Å². The van der Waals surface area contributed by atoms with E-state index in [-0.39, 0.29) is 23.3 Å². The number of likely N-dealkylation sites (tertiary alicyclic amines) is 2. The standard InChI is InChI=1S/C22H33N3O3/c1-5-14(2)11-24-12-17-18(13-24)22(23-20(17)26)6-8-25(9-7-22)21(27)19-10-15(3)16(4)28-19/h10,14,17-18H,5-9,11-13H2,1-4H3,(H,23,26)/t14-,17-,18+/m1/s1. The molecule has 6 heteroatoms. The molecule has 3 fully saturated rings. The molecule has 3 aliphatic heterocycles. The fraction of sp³-hybridized carbons (Fsp3) is 0.727. The van der Waals surface area contributed by atoms with Crippen molar-refractivity contribution in [3.8, 4) is 0 Å². The number of piperidine rings is 1. The molecule has 3 atom stereocenters. The molecule has 3 aliphatic rings. The van der Waals surface area contributed by atoms with E-state index >= 15 is 0 Å². The van der Waals surface area contributed by atoms with E-state index in [0.29, 0.717) is 30.7 Å². The van der Waals surface area contributed by atoms with Gasteiger partial charge in [-0.15, -0.1) is 0 Å². The topological polar surface area (TPSA) is 65.8 Å². The van der Waals surface area contributed by atoms with Crippen molar-refractivity contribution < 1.29 is 14.0 Å². The monoisotopic (exact) mass is 387 g/mol. The summed E-state index contributed by atoms with van der Waals surface area (Å²) < 4.78 is 5.63. The predicted octanol–water partition coefficient (Wildman–Crippen LogP) is 2.60. The van der Waals surface area contributed by atoms with E-state index in [1.54, 1.807) is 0 Å². The van der Waals surface area contributed by atoms with Gasteiger partial charge in [0.25, 0.3) is 5.91 Å². The summed E-state index contributed by atoms with van der Waals surface area (Å²) in [5, 5.41) is 3.34.